The van der Waals surface area contributed by atoms with Gasteiger partial charge in [0.1, 0.15) is 5.84 Å². The van der Waals surface area contributed by atoms with Crippen LogP contribution in [0, 0.1) is 5.41 Å². The Labute approximate surface area is 119 Å². The number of fused-ring (bicyclic) bond motifs is 4. The van der Waals surface area contributed by atoms with Gasteiger partial charge in [-0.3, -0.25) is 5.41 Å². The molecular weight excluding hydrogens is 244 g/mol. The molecule has 1 fully saturated rings. The van der Waals surface area contributed by atoms with Gasteiger partial charge in [0.05, 0.1) is 5.41 Å². The summed E-state index contributed by atoms with van der Waals surface area (Å²) in [6.45, 7) is 0.890. The van der Waals surface area contributed by atoms with Crippen molar-refractivity contribution >= 4 is 5.84 Å². The maximum Gasteiger partial charge on any atom is 0.109 e. The number of amidine groups is 1. The Kier molecular flexibility index (Phi) is 2.46. The van der Waals surface area contributed by atoms with Gasteiger partial charge in [-0.05, 0) is 41.5 Å². The van der Waals surface area contributed by atoms with E-state index in [0.717, 1.165) is 25.8 Å². The van der Waals surface area contributed by atoms with E-state index in [1.54, 1.807) is 0 Å². The zero-order chi connectivity index (χ0) is 13.6. The second-order valence-corrected chi connectivity index (χ2v) is 5.77. The fraction of sp³-hybridized carbons (Fsp3) is 0.278. The molecule has 1 heterocycles. The minimum Gasteiger partial charge on any atom is -0.373 e. The van der Waals surface area contributed by atoms with Gasteiger partial charge in [0.15, 0.2) is 0 Å². The van der Waals surface area contributed by atoms with E-state index >= 15 is 0 Å². The van der Waals surface area contributed by atoms with Crippen LogP contribution in [0.25, 0.3) is 0 Å². The van der Waals surface area contributed by atoms with Crippen molar-refractivity contribution in [2.75, 3.05) is 6.54 Å². The first-order valence-electron chi connectivity index (χ1n) is 7.32. The van der Waals surface area contributed by atoms with E-state index in [1.807, 2.05) is 0 Å². The van der Waals surface area contributed by atoms with Gasteiger partial charge in [0.2, 0.25) is 0 Å². The molecule has 1 spiro atoms. The molecule has 2 N–H and O–H groups in total. The third kappa shape index (κ3) is 1.42. The lowest BCUT2D eigenvalue weighted by atomic mass is 9.71. The summed E-state index contributed by atoms with van der Waals surface area (Å²) in [5, 5.41) is 11.8. The standard InChI is InChI=1S/C18H18N2/c19-17-18(11-12-20-17)15-7-3-1-5-13(15)9-10-14-6-2-4-8-16(14)18/h1-8H,9-12H2,(H2,19,20). The van der Waals surface area contributed by atoms with Crippen LogP contribution in [0.3, 0.4) is 0 Å². The minimum atomic E-state index is -0.246. The van der Waals surface area contributed by atoms with Crippen LogP contribution in [-0.2, 0) is 18.3 Å². The van der Waals surface area contributed by atoms with Crippen LogP contribution < -0.4 is 5.32 Å². The summed E-state index contributed by atoms with van der Waals surface area (Å²) < 4.78 is 0. The molecule has 2 aliphatic rings. The van der Waals surface area contributed by atoms with Gasteiger partial charge >= 0.3 is 0 Å². The number of aryl methyl sites for hydroxylation is 2. The van der Waals surface area contributed by atoms with Gasteiger partial charge in [0, 0.05) is 6.54 Å². The number of benzene rings is 2. The molecular formula is C18H18N2. The molecule has 2 nitrogen and oxygen atoms in total. The molecule has 0 amide bonds. The van der Waals surface area contributed by atoms with E-state index in [0.29, 0.717) is 5.84 Å². The number of hydrogen-bond donors (Lipinski definition) is 2. The van der Waals surface area contributed by atoms with Gasteiger partial charge < -0.3 is 5.32 Å². The highest BCUT2D eigenvalue weighted by atomic mass is 15.0. The van der Waals surface area contributed by atoms with Crippen LogP contribution in [0.15, 0.2) is 48.5 Å². The molecule has 4 rings (SSSR count). The van der Waals surface area contributed by atoms with Crippen molar-refractivity contribution in [2.45, 2.75) is 24.7 Å². The Morgan fingerprint density at radius 2 is 1.40 bits per heavy atom. The monoisotopic (exact) mass is 262 g/mol. The summed E-state index contributed by atoms with van der Waals surface area (Å²) in [6.07, 6.45) is 3.13. The van der Waals surface area contributed by atoms with Gasteiger partial charge in [-0.25, -0.2) is 0 Å². The average Bonchev–Trinajstić information content (AvgIpc) is 2.81. The topological polar surface area (TPSA) is 35.9 Å². The molecule has 20 heavy (non-hydrogen) atoms. The third-order valence-electron chi connectivity index (χ3n) is 4.85. The van der Waals surface area contributed by atoms with E-state index in [4.69, 9.17) is 5.41 Å². The van der Waals surface area contributed by atoms with E-state index in [2.05, 4.69) is 53.8 Å². The molecule has 0 aromatic heterocycles. The lowest BCUT2D eigenvalue weighted by molar-refractivity contribution is 0.673. The van der Waals surface area contributed by atoms with Crippen molar-refractivity contribution in [1.82, 2.24) is 5.32 Å². The highest BCUT2D eigenvalue weighted by Crippen LogP contribution is 2.44. The number of hydrogen-bond acceptors (Lipinski definition) is 1. The summed E-state index contributed by atoms with van der Waals surface area (Å²) >= 11 is 0. The van der Waals surface area contributed by atoms with Crippen LogP contribution in [-0.4, -0.2) is 12.4 Å². The predicted octanol–water partition coefficient (Wildman–Crippen LogP) is 3.04. The van der Waals surface area contributed by atoms with Gasteiger partial charge in [0.25, 0.3) is 0 Å². The van der Waals surface area contributed by atoms with Gasteiger partial charge in [-0.1, -0.05) is 48.5 Å². The lowest BCUT2D eigenvalue weighted by Gasteiger charge is -2.31. The molecule has 2 aromatic rings. The van der Waals surface area contributed by atoms with Crippen LogP contribution in [0.4, 0.5) is 0 Å². The molecule has 0 bridgehead atoms. The van der Waals surface area contributed by atoms with Crippen molar-refractivity contribution in [3.05, 3.63) is 70.8 Å². The van der Waals surface area contributed by atoms with E-state index in [-0.39, 0.29) is 5.41 Å². The highest BCUT2D eigenvalue weighted by Gasteiger charge is 2.45. The molecule has 0 saturated carbocycles. The van der Waals surface area contributed by atoms with Crippen LogP contribution in [0.2, 0.25) is 0 Å². The lowest BCUT2D eigenvalue weighted by Crippen LogP contribution is -2.37. The summed E-state index contributed by atoms with van der Waals surface area (Å²) in [7, 11) is 0. The maximum absolute atomic E-state index is 8.54. The predicted molar refractivity (Wildman–Crippen MR) is 81.4 cm³/mol. The molecule has 1 aliphatic carbocycles. The molecule has 2 heteroatoms. The summed E-state index contributed by atoms with van der Waals surface area (Å²) in [5.74, 6) is 0.666. The fourth-order valence-corrected chi connectivity index (χ4v) is 3.91. The van der Waals surface area contributed by atoms with Crippen LogP contribution in [0.5, 0.6) is 0 Å². The van der Waals surface area contributed by atoms with Crippen molar-refractivity contribution in [1.29, 1.82) is 5.41 Å². The van der Waals surface area contributed by atoms with Gasteiger partial charge in [-0.2, -0.15) is 0 Å². The normalized spacial score (nSPS) is 19.1. The zero-order valence-corrected chi connectivity index (χ0v) is 11.4. The number of nitrogens with one attached hydrogen (secondary N) is 2. The van der Waals surface area contributed by atoms with Crippen LogP contribution >= 0.6 is 0 Å². The van der Waals surface area contributed by atoms with Crippen molar-refractivity contribution in [3.8, 4) is 0 Å². The smallest absolute Gasteiger partial charge is 0.109 e. The Bertz CT molecular complexity index is 640. The quantitative estimate of drug-likeness (QED) is 0.752. The van der Waals surface area contributed by atoms with E-state index < -0.39 is 0 Å². The van der Waals surface area contributed by atoms with E-state index in [9.17, 15) is 0 Å². The minimum absolute atomic E-state index is 0.246. The van der Waals surface area contributed by atoms with Crippen molar-refractivity contribution in [2.24, 2.45) is 0 Å². The SMILES string of the molecule is N=C1NCCC12c1ccccc1CCc1ccccc12. The van der Waals surface area contributed by atoms with Crippen LogP contribution in [0.1, 0.15) is 28.7 Å². The Morgan fingerprint density at radius 3 is 1.90 bits per heavy atom. The molecule has 2 aromatic carbocycles. The van der Waals surface area contributed by atoms with E-state index in [1.165, 1.54) is 22.3 Å². The Hall–Kier alpha value is -2.09. The van der Waals surface area contributed by atoms with Crippen molar-refractivity contribution in [3.63, 3.8) is 0 Å². The molecule has 1 aliphatic heterocycles. The number of rotatable bonds is 0. The molecule has 0 radical (unpaired) electrons. The summed E-state index contributed by atoms with van der Waals surface area (Å²) in [6, 6.07) is 17.4. The average molecular weight is 262 g/mol. The first kappa shape index (κ1) is 11.7. The molecule has 1 saturated heterocycles. The maximum atomic E-state index is 8.54. The zero-order valence-electron chi connectivity index (χ0n) is 11.4. The largest absolute Gasteiger partial charge is 0.373 e. The third-order valence-corrected chi connectivity index (χ3v) is 4.85. The second kappa shape index (κ2) is 4.20. The molecule has 0 unspecified atom stereocenters. The Balaban J connectivity index is 2.07. The summed E-state index contributed by atoms with van der Waals surface area (Å²) in [4.78, 5) is 0. The molecule has 0 atom stereocenters. The van der Waals surface area contributed by atoms with Crippen molar-refractivity contribution < 1.29 is 0 Å². The Morgan fingerprint density at radius 1 is 0.850 bits per heavy atom. The van der Waals surface area contributed by atoms with Gasteiger partial charge in [-0.15, -0.1) is 0 Å². The summed E-state index contributed by atoms with van der Waals surface area (Å²) in [5.41, 5.74) is 5.22. The first-order chi connectivity index (χ1) is 9.82. The molecule has 100 valence electrons. The second-order valence-electron chi connectivity index (χ2n) is 5.77. The first-order valence-corrected chi connectivity index (χ1v) is 7.32. The fourth-order valence-electron chi connectivity index (χ4n) is 3.91. The highest BCUT2D eigenvalue weighted by molar-refractivity contribution is 5.97.